The molecule has 1 aromatic rings. The highest BCUT2D eigenvalue weighted by atomic mass is 32.2. The molecule has 1 aromatic heterocycles. The molecule has 0 spiro atoms. The molecular formula is C11H18N4O3S. The van der Waals surface area contributed by atoms with Crippen molar-refractivity contribution in [2.45, 2.75) is 23.8 Å². The molecule has 0 saturated carbocycles. The average Bonchev–Trinajstić information content (AvgIpc) is 2.95. The summed E-state index contributed by atoms with van der Waals surface area (Å²) in [5.74, 6) is -0.651. The Kier molecular flexibility index (Phi) is 3.93. The summed E-state index contributed by atoms with van der Waals surface area (Å²) in [7, 11) is -2.02. The van der Waals surface area contributed by atoms with E-state index in [4.69, 9.17) is 5.73 Å². The van der Waals surface area contributed by atoms with Crippen LogP contribution in [0.5, 0.6) is 0 Å². The average molecular weight is 286 g/mol. The van der Waals surface area contributed by atoms with Gasteiger partial charge in [0.1, 0.15) is 10.6 Å². The van der Waals surface area contributed by atoms with E-state index in [1.807, 2.05) is 0 Å². The van der Waals surface area contributed by atoms with Gasteiger partial charge in [-0.25, -0.2) is 13.1 Å². The third-order valence-corrected chi connectivity index (χ3v) is 4.62. The van der Waals surface area contributed by atoms with Crippen LogP contribution >= 0.6 is 0 Å². The maximum atomic E-state index is 12.1. The normalized spacial score (nSPS) is 19.7. The smallest absolute Gasteiger partial charge is 0.265 e. The zero-order chi connectivity index (χ0) is 14.0. The van der Waals surface area contributed by atoms with Gasteiger partial charge in [0, 0.05) is 25.8 Å². The number of carbonyl (C=O) groups is 1. The lowest BCUT2D eigenvalue weighted by atomic mass is 10.2. The number of amides is 1. The number of hydrogen-bond acceptors (Lipinski definition) is 4. The number of hydrogen-bond donors (Lipinski definition) is 3. The molecule has 4 N–H and O–H groups in total. The van der Waals surface area contributed by atoms with E-state index in [9.17, 15) is 13.2 Å². The molecule has 19 heavy (non-hydrogen) atoms. The highest BCUT2D eigenvalue weighted by molar-refractivity contribution is 7.89. The number of carbonyl (C=O) groups excluding carboxylic acids is 1. The third kappa shape index (κ3) is 3.14. The SMILES string of the molecule is Cn1cc(S(=O)(=O)NC[C@H]2CCCN2)cc1C(N)=O. The van der Waals surface area contributed by atoms with E-state index in [0.717, 1.165) is 19.4 Å². The number of nitrogens with two attached hydrogens (primary N) is 1. The Balaban J connectivity index is 2.10. The van der Waals surface area contributed by atoms with E-state index in [1.165, 1.54) is 16.8 Å². The summed E-state index contributed by atoms with van der Waals surface area (Å²) in [5.41, 5.74) is 5.33. The van der Waals surface area contributed by atoms with Crippen LogP contribution in [0.15, 0.2) is 17.2 Å². The van der Waals surface area contributed by atoms with Crippen molar-refractivity contribution in [3.8, 4) is 0 Å². The van der Waals surface area contributed by atoms with Gasteiger partial charge in [-0.1, -0.05) is 0 Å². The van der Waals surface area contributed by atoms with Crippen LogP contribution in [-0.2, 0) is 17.1 Å². The highest BCUT2D eigenvalue weighted by Gasteiger charge is 2.22. The number of aryl methyl sites for hydroxylation is 1. The van der Waals surface area contributed by atoms with E-state index in [-0.39, 0.29) is 16.6 Å². The molecule has 1 aliphatic rings. The van der Waals surface area contributed by atoms with Gasteiger partial charge in [-0.3, -0.25) is 4.79 Å². The number of rotatable bonds is 5. The van der Waals surface area contributed by atoms with Crippen molar-refractivity contribution in [2.75, 3.05) is 13.1 Å². The molecule has 2 heterocycles. The number of nitrogens with one attached hydrogen (secondary N) is 2. The Morgan fingerprint density at radius 3 is 2.89 bits per heavy atom. The third-order valence-electron chi connectivity index (χ3n) is 3.22. The van der Waals surface area contributed by atoms with Gasteiger partial charge in [-0.2, -0.15) is 0 Å². The second kappa shape index (κ2) is 5.32. The first-order valence-electron chi connectivity index (χ1n) is 6.09. The van der Waals surface area contributed by atoms with E-state index in [2.05, 4.69) is 10.0 Å². The molecule has 1 amide bonds. The fourth-order valence-electron chi connectivity index (χ4n) is 2.15. The molecule has 1 saturated heterocycles. The molecule has 0 bridgehead atoms. The van der Waals surface area contributed by atoms with Crippen molar-refractivity contribution in [3.63, 3.8) is 0 Å². The van der Waals surface area contributed by atoms with E-state index in [1.54, 1.807) is 7.05 Å². The number of sulfonamides is 1. The topological polar surface area (TPSA) is 106 Å². The van der Waals surface area contributed by atoms with Gasteiger partial charge in [0.05, 0.1) is 0 Å². The maximum absolute atomic E-state index is 12.1. The quantitative estimate of drug-likeness (QED) is 0.655. The second-order valence-corrected chi connectivity index (χ2v) is 6.45. The molecule has 0 radical (unpaired) electrons. The summed E-state index contributed by atoms with van der Waals surface area (Å²) in [6.07, 6.45) is 3.40. The summed E-state index contributed by atoms with van der Waals surface area (Å²) >= 11 is 0. The summed E-state index contributed by atoms with van der Waals surface area (Å²) < 4.78 is 28.1. The van der Waals surface area contributed by atoms with Crippen molar-refractivity contribution in [1.82, 2.24) is 14.6 Å². The molecule has 1 atom stereocenters. The van der Waals surface area contributed by atoms with Gasteiger partial charge in [-0.15, -0.1) is 0 Å². The van der Waals surface area contributed by atoms with Crippen LogP contribution in [-0.4, -0.2) is 38.0 Å². The van der Waals surface area contributed by atoms with Crippen molar-refractivity contribution < 1.29 is 13.2 Å². The summed E-state index contributed by atoms with van der Waals surface area (Å²) in [5, 5.41) is 3.21. The second-order valence-electron chi connectivity index (χ2n) is 4.68. The molecule has 0 aromatic carbocycles. The van der Waals surface area contributed by atoms with Crippen molar-refractivity contribution >= 4 is 15.9 Å². The monoisotopic (exact) mass is 286 g/mol. The number of primary amides is 1. The fraction of sp³-hybridized carbons (Fsp3) is 0.545. The summed E-state index contributed by atoms with van der Waals surface area (Å²) in [4.78, 5) is 11.2. The maximum Gasteiger partial charge on any atom is 0.265 e. The lowest BCUT2D eigenvalue weighted by Gasteiger charge is -2.10. The lowest BCUT2D eigenvalue weighted by molar-refractivity contribution is 0.0992. The first kappa shape index (κ1) is 14.0. The summed E-state index contributed by atoms with van der Waals surface area (Å²) in [6.45, 7) is 1.27. The summed E-state index contributed by atoms with van der Waals surface area (Å²) in [6, 6.07) is 1.46. The van der Waals surface area contributed by atoms with Crippen molar-refractivity contribution in [2.24, 2.45) is 12.8 Å². The molecule has 2 rings (SSSR count). The first-order valence-corrected chi connectivity index (χ1v) is 7.57. The van der Waals surface area contributed by atoms with E-state index >= 15 is 0 Å². The Labute approximate surface area is 112 Å². The van der Waals surface area contributed by atoms with Gasteiger partial charge >= 0.3 is 0 Å². The van der Waals surface area contributed by atoms with Gasteiger partial charge in [0.2, 0.25) is 10.0 Å². The molecular weight excluding hydrogens is 268 g/mol. The van der Waals surface area contributed by atoms with Gasteiger partial charge in [0.15, 0.2) is 0 Å². The van der Waals surface area contributed by atoms with E-state index < -0.39 is 15.9 Å². The van der Waals surface area contributed by atoms with Gasteiger partial charge in [-0.05, 0) is 25.5 Å². The minimum Gasteiger partial charge on any atom is -0.364 e. The Hall–Kier alpha value is -1.38. The van der Waals surface area contributed by atoms with Gasteiger partial charge in [0.25, 0.3) is 5.91 Å². The van der Waals surface area contributed by atoms with E-state index in [0.29, 0.717) is 6.54 Å². The molecule has 1 aliphatic heterocycles. The Morgan fingerprint density at radius 2 is 2.37 bits per heavy atom. The van der Waals surface area contributed by atoms with Crippen LogP contribution in [0.25, 0.3) is 0 Å². The first-order chi connectivity index (χ1) is 8.90. The minimum atomic E-state index is -3.60. The molecule has 106 valence electrons. The number of nitrogens with zero attached hydrogens (tertiary/aromatic N) is 1. The van der Waals surface area contributed by atoms with Crippen molar-refractivity contribution in [1.29, 1.82) is 0 Å². The van der Waals surface area contributed by atoms with Crippen LogP contribution in [0.4, 0.5) is 0 Å². The number of aromatic nitrogens is 1. The van der Waals surface area contributed by atoms with Gasteiger partial charge < -0.3 is 15.6 Å². The van der Waals surface area contributed by atoms with Crippen LogP contribution in [0.3, 0.4) is 0 Å². The largest absolute Gasteiger partial charge is 0.364 e. The predicted octanol–water partition coefficient (Wildman–Crippen LogP) is -0.846. The lowest BCUT2D eigenvalue weighted by Crippen LogP contribution is -2.37. The minimum absolute atomic E-state index is 0.0572. The molecule has 1 fully saturated rings. The molecule has 0 unspecified atom stereocenters. The molecule has 7 nitrogen and oxygen atoms in total. The zero-order valence-corrected chi connectivity index (χ0v) is 11.5. The van der Waals surface area contributed by atoms with Crippen LogP contribution in [0, 0.1) is 0 Å². The predicted molar refractivity (Wildman–Crippen MR) is 70.1 cm³/mol. The van der Waals surface area contributed by atoms with Crippen LogP contribution < -0.4 is 15.8 Å². The van der Waals surface area contributed by atoms with Crippen LogP contribution in [0.1, 0.15) is 23.3 Å². The Bertz CT molecular complexity index is 573. The highest BCUT2D eigenvalue weighted by Crippen LogP contribution is 2.13. The van der Waals surface area contributed by atoms with Crippen molar-refractivity contribution in [3.05, 3.63) is 18.0 Å². The Morgan fingerprint density at radius 1 is 1.63 bits per heavy atom. The zero-order valence-electron chi connectivity index (χ0n) is 10.7. The standard InChI is InChI=1S/C11H18N4O3S/c1-15-7-9(5-10(15)11(12)16)19(17,18)14-6-8-3-2-4-13-8/h5,7-8,13-14H,2-4,6H2,1H3,(H2,12,16)/t8-/m1/s1. The molecule has 8 heteroatoms. The fourth-order valence-corrected chi connectivity index (χ4v) is 3.30. The van der Waals surface area contributed by atoms with Crippen LogP contribution in [0.2, 0.25) is 0 Å². The molecule has 0 aliphatic carbocycles.